The third-order valence-corrected chi connectivity index (χ3v) is 4.51. The molecule has 0 aliphatic rings. The van der Waals surface area contributed by atoms with Crippen LogP contribution in [0.5, 0.6) is 11.5 Å². The maximum atomic E-state index is 9.55. The first-order valence-electron chi connectivity index (χ1n) is 6.59. The Bertz CT molecular complexity index is 590. The summed E-state index contributed by atoms with van der Waals surface area (Å²) in [5, 5.41) is 23.6. The number of nitrogens with one attached hydrogen (secondary N) is 1. The van der Waals surface area contributed by atoms with Crippen LogP contribution in [0.3, 0.4) is 0 Å². The lowest BCUT2D eigenvalue weighted by Crippen LogP contribution is -2.22. The standard InChI is InChI=1S/C15H20N2O2S/c1-8(12-5-13(18)7-14(19)6-12)16-9(2)15-10(3)17-11(4)20-15/h5-9,16,18-19H,1-4H3. The highest BCUT2D eigenvalue weighted by Gasteiger charge is 2.16. The molecule has 0 radical (unpaired) electrons. The summed E-state index contributed by atoms with van der Waals surface area (Å²) in [4.78, 5) is 5.66. The van der Waals surface area contributed by atoms with Crippen LogP contribution in [0.4, 0.5) is 0 Å². The van der Waals surface area contributed by atoms with E-state index in [-0.39, 0.29) is 23.6 Å². The number of hydrogen-bond acceptors (Lipinski definition) is 5. The number of thiazole rings is 1. The van der Waals surface area contributed by atoms with Crippen molar-refractivity contribution >= 4 is 11.3 Å². The molecule has 0 bridgehead atoms. The van der Waals surface area contributed by atoms with E-state index >= 15 is 0 Å². The smallest absolute Gasteiger partial charge is 0.119 e. The molecule has 0 aliphatic carbocycles. The Morgan fingerprint density at radius 1 is 1.05 bits per heavy atom. The first kappa shape index (κ1) is 14.8. The van der Waals surface area contributed by atoms with Crippen LogP contribution in [0.15, 0.2) is 18.2 Å². The average molecular weight is 292 g/mol. The van der Waals surface area contributed by atoms with E-state index in [4.69, 9.17) is 0 Å². The summed E-state index contributed by atoms with van der Waals surface area (Å²) < 4.78 is 0. The fraction of sp³-hybridized carbons (Fsp3) is 0.400. The van der Waals surface area contributed by atoms with E-state index in [9.17, 15) is 10.2 Å². The molecule has 108 valence electrons. The van der Waals surface area contributed by atoms with Gasteiger partial charge in [-0.1, -0.05) is 0 Å². The predicted octanol–water partition coefficient (Wildman–Crippen LogP) is 3.58. The number of aromatic nitrogens is 1. The zero-order valence-electron chi connectivity index (χ0n) is 12.1. The molecule has 2 atom stereocenters. The normalized spacial score (nSPS) is 14.2. The second kappa shape index (κ2) is 5.81. The number of nitrogens with zero attached hydrogens (tertiary/aromatic N) is 1. The lowest BCUT2D eigenvalue weighted by atomic mass is 10.1. The van der Waals surface area contributed by atoms with E-state index in [2.05, 4.69) is 17.2 Å². The molecule has 0 amide bonds. The molecule has 1 aromatic carbocycles. The van der Waals surface area contributed by atoms with Gasteiger partial charge in [-0.15, -0.1) is 11.3 Å². The minimum absolute atomic E-state index is 0.0183. The van der Waals surface area contributed by atoms with Gasteiger partial charge in [0, 0.05) is 23.0 Å². The van der Waals surface area contributed by atoms with Gasteiger partial charge in [0.25, 0.3) is 0 Å². The van der Waals surface area contributed by atoms with Crippen LogP contribution in [-0.4, -0.2) is 15.2 Å². The molecule has 1 heterocycles. The SMILES string of the molecule is Cc1nc(C)c(C(C)NC(C)c2cc(O)cc(O)c2)s1. The molecule has 20 heavy (non-hydrogen) atoms. The second-order valence-corrected chi connectivity index (χ2v) is 6.31. The monoisotopic (exact) mass is 292 g/mol. The van der Waals surface area contributed by atoms with Crippen LogP contribution < -0.4 is 5.32 Å². The van der Waals surface area contributed by atoms with Gasteiger partial charge in [0.05, 0.1) is 10.7 Å². The van der Waals surface area contributed by atoms with E-state index < -0.39 is 0 Å². The summed E-state index contributed by atoms with van der Waals surface area (Å²) in [6.07, 6.45) is 0. The van der Waals surface area contributed by atoms with Crippen molar-refractivity contribution in [3.63, 3.8) is 0 Å². The zero-order valence-corrected chi connectivity index (χ0v) is 13.0. The average Bonchev–Trinajstić information content (AvgIpc) is 2.67. The van der Waals surface area contributed by atoms with Gasteiger partial charge in [0.15, 0.2) is 0 Å². The van der Waals surface area contributed by atoms with Crippen LogP contribution in [0.1, 0.15) is 47.1 Å². The van der Waals surface area contributed by atoms with Gasteiger partial charge in [0.1, 0.15) is 11.5 Å². The van der Waals surface area contributed by atoms with Crippen molar-refractivity contribution in [2.24, 2.45) is 0 Å². The van der Waals surface area contributed by atoms with Gasteiger partial charge in [-0.25, -0.2) is 4.98 Å². The number of phenols is 2. The summed E-state index contributed by atoms with van der Waals surface area (Å²) >= 11 is 1.69. The van der Waals surface area contributed by atoms with Crippen molar-refractivity contribution in [1.82, 2.24) is 10.3 Å². The van der Waals surface area contributed by atoms with Crippen molar-refractivity contribution in [1.29, 1.82) is 0 Å². The maximum absolute atomic E-state index is 9.55. The predicted molar refractivity (Wildman–Crippen MR) is 81.3 cm³/mol. The Kier molecular flexibility index (Phi) is 4.30. The van der Waals surface area contributed by atoms with E-state index in [0.29, 0.717) is 0 Å². The Morgan fingerprint density at radius 2 is 1.65 bits per heavy atom. The molecule has 0 saturated carbocycles. The van der Waals surface area contributed by atoms with Gasteiger partial charge in [-0.05, 0) is 45.4 Å². The Morgan fingerprint density at radius 3 is 2.15 bits per heavy atom. The molecule has 1 aromatic heterocycles. The number of hydrogen-bond donors (Lipinski definition) is 3. The van der Waals surface area contributed by atoms with Gasteiger partial charge in [-0.3, -0.25) is 0 Å². The quantitative estimate of drug-likeness (QED) is 0.806. The minimum atomic E-state index is 0.0183. The second-order valence-electron chi connectivity index (χ2n) is 5.08. The summed E-state index contributed by atoms with van der Waals surface area (Å²) in [5.74, 6) is 0.150. The highest BCUT2D eigenvalue weighted by Crippen LogP contribution is 2.29. The summed E-state index contributed by atoms with van der Waals surface area (Å²) in [6, 6.07) is 4.84. The van der Waals surface area contributed by atoms with E-state index in [1.807, 2.05) is 20.8 Å². The fourth-order valence-electron chi connectivity index (χ4n) is 2.36. The first-order chi connectivity index (χ1) is 9.36. The molecular weight excluding hydrogens is 272 g/mol. The largest absolute Gasteiger partial charge is 0.508 e. The highest BCUT2D eigenvalue weighted by molar-refractivity contribution is 7.11. The molecule has 4 nitrogen and oxygen atoms in total. The lowest BCUT2D eigenvalue weighted by molar-refractivity contribution is 0.442. The van der Waals surface area contributed by atoms with Gasteiger partial charge < -0.3 is 15.5 Å². The number of phenolic OH excluding ortho intramolecular Hbond substituents is 2. The number of aryl methyl sites for hydroxylation is 2. The highest BCUT2D eigenvalue weighted by atomic mass is 32.1. The van der Waals surface area contributed by atoms with Crippen LogP contribution in [-0.2, 0) is 0 Å². The third-order valence-electron chi connectivity index (χ3n) is 3.26. The van der Waals surface area contributed by atoms with Gasteiger partial charge >= 0.3 is 0 Å². The molecule has 0 aliphatic heterocycles. The molecule has 3 N–H and O–H groups in total. The lowest BCUT2D eigenvalue weighted by Gasteiger charge is -2.20. The molecule has 2 aromatic rings. The maximum Gasteiger partial charge on any atom is 0.119 e. The number of rotatable bonds is 4. The van der Waals surface area contributed by atoms with Crippen LogP contribution in [0.2, 0.25) is 0 Å². The molecule has 5 heteroatoms. The fourth-order valence-corrected chi connectivity index (χ4v) is 3.30. The van der Waals surface area contributed by atoms with E-state index in [1.54, 1.807) is 23.5 Å². The molecule has 2 rings (SSSR count). The minimum Gasteiger partial charge on any atom is -0.508 e. The Hall–Kier alpha value is -1.59. The van der Waals surface area contributed by atoms with Crippen LogP contribution in [0.25, 0.3) is 0 Å². The van der Waals surface area contributed by atoms with Crippen molar-refractivity contribution in [2.45, 2.75) is 39.8 Å². The molecule has 0 spiro atoms. The first-order valence-corrected chi connectivity index (χ1v) is 7.41. The Balaban J connectivity index is 2.14. The van der Waals surface area contributed by atoms with Crippen molar-refractivity contribution in [3.05, 3.63) is 39.3 Å². The molecule has 0 saturated heterocycles. The van der Waals surface area contributed by atoms with Crippen molar-refractivity contribution < 1.29 is 10.2 Å². The van der Waals surface area contributed by atoms with Crippen LogP contribution >= 0.6 is 11.3 Å². The van der Waals surface area contributed by atoms with E-state index in [0.717, 1.165) is 16.3 Å². The van der Waals surface area contributed by atoms with Crippen molar-refractivity contribution in [3.8, 4) is 11.5 Å². The topological polar surface area (TPSA) is 65.4 Å². The molecule has 2 unspecified atom stereocenters. The third kappa shape index (κ3) is 3.29. The Labute approximate surface area is 123 Å². The van der Waals surface area contributed by atoms with E-state index in [1.165, 1.54) is 10.9 Å². The van der Waals surface area contributed by atoms with Crippen molar-refractivity contribution in [2.75, 3.05) is 0 Å². The number of aromatic hydroxyl groups is 2. The number of benzene rings is 1. The molecular formula is C15H20N2O2S. The summed E-state index contributed by atoms with van der Waals surface area (Å²) in [5.41, 5.74) is 1.91. The van der Waals surface area contributed by atoms with Gasteiger partial charge in [0.2, 0.25) is 0 Å². The zero-order chi connectivity index (χ0) is 14.9. The summed E-state index contributed by atoms with van der Waals surface area (Å²) in [6.45, 7) is 8.12. The summed E-state index contributed by atoms with van der Waals surface area (Å²) in [7, 11) is 0. The van der Waals surface area contributed by atoms with Crippen LogP contribution in [0, 0.1) is 13.8 Å². The molecule has 0 fully saturated rings. The van der Waals surface area contributed by atoms with Gasteiger partial charge in [-0.2, -0.15) is 0 Å².